The molecule has 1 aromatic heterocycles. The summed E-state index contributed by atoms with van der Waals surface area (Å²) < 4.78 is 0.676. The van der Waals surface area contributed by atoms with Crippen molar-refractivity contribution in [3.8, 4) is 0 Å². The molecule has 6 nitrogen and oxygen atoms in total. The van der Waals surface area contributed by atoms with Crippen molar-refractivity contribution in [1.82, 2.24) is 10.3 Å². The third-order valence-corrected chi connectivity index (χ3v) is 3.46. The van der Waals surface area contributed by atoms with E-state index in [1.165, 1.54) is 12.1 Å². The molecule has 1 aromatic carbocycles. The van der Waals surface area contributed by atoms with Gasteiger partial charge in [0.15, 0.2) is 0 Å². The highest BCUT2D eigenvalue weighted by atomic mass is 127. The molecule has 0 aliphatic rings. The molecule has 0 bridgehead atoms. The van der Waals surface area contributed by atoms with Crippen LogP contribution >= 0.6 is 22.6 Å². The number of nitro benzene ring substituents is 1. The highest BCUT2D eigenvalue weighted by molar-refractivity contribution is 14.1. The second-order valence-electron chi connectivity index (χ2n) is 3.82. The molecule has 0 fully saturated rings. The SMILES string of the molecule is O=C(NCc1cc[nH]c1)c1cc([N+](=O)[O-])ccc1I. The Balaban J connectivity index is 2.14. The monoisotopic (exact) mass is 371 g/mol. The lowest BCUT2D eigenvalue weighted by Crippen LogP contribution is -2.23. The minimum atomic E-state index is -0.515. The number of hydrogen-bond donors (Lipinski definition) is 2. The van der Waals surface area contributed by atoms with Crippen molar-refractivity contribution in [2.45, 2.75) is 6.54 Å². The molecule has 0 aliphatic heterocycles. The van der Waals surface area contributed by atoms with Crippen molar-refractivity contribution in [2.24, 2.45) is 0 Å². The van der Waals surface area contributed by atoms with Gasteiger partial charge in [0.05, 0.1) is 10.5 Å². The van der Waals surface area contributed by atoms with E-state index in [1.807, 2.05) is 28.7 Å². The molecule has 7 heteroatoms. The number of nitrogens with zero attached hydrogens (tertiary/aromatic N) is 1. The number of aromatic amines is 1. The Hall–Kier alpha value is -1.90. The van der Waals surface area contributed by atoms with Crippen LogP contribution in [0.3, 0.4) is 0 Å². The number of non-ortho nitro benzene ring substituents is 1. The topological polar surface area (TPSA) is 88.0 Å². The number of nitrogens with one attached hydrogen (secondary N) is 2. The Morgan fingerprint density at radius 2 is 2.21 bits per heavy atom. The third kappa shape index (κ3) is 3.31. The molecule has 0 saturated carbocycles. The van der Waals surface area contributed by atoms with Crippen molar-refractivity contribution in [1.29, 1.82) is 0 Å². The zero-order valence-corrected chi connectivity index (χ0v) is 11.9. The number of rotatable bonds is 4. The molecular weight excluding hydrogens is 361 g/mol. The van der Waals surface area contributed by atoms with Crippen LogP contribution in [0.4, 0.5) is 5.69 Å². The minimum absolute atomic E-state index is 0.0905. The van der Waals surface area contributed by atoms with Crippen molar-refractivity contribution < 1.29 is 9.72 Å². The van der Waals surface area contributed by atoms with Crippen LogP contribution in [-0.4, -0.2) is 15.8 Å². The maximum atomic E-state index is 12.0. The molecule has 2 rings (SSSR count). The fourth-order valence-electron chi connectivity index (χ4n) is 1.55. The smallest absolute Gasteiger partial charge is 0.270 e. The molecule has 98 valence electrons. The van der Waals surface area contributed by atoms with Crippen molar-refractivity contribution in [2.75, 3.05) is 0 Å². The average Bonchev–Trinajstić information content (AvgIpc) is 2.89. The largest absolute Gasteiger partial charge is 0.367 e. The zero-order chi connectivity index (χ0) is 13.8. The number of hydrogen-bond acceptors (Lipinski definition) is 3. The highest BCUT2D eigenvalue weighted by Gasteiger charge is 2.15. The van der Waals surface area contributed by atoms with Gasteiger partial charge >= 0.3 is 0 Å². The number of carbonyl (C=O) groups excluding carboxylic acids is 1. The Kier molecular flexibility index (Phi) is 4.15. The normalized spacial score (nSPS) is 10.2. The highest BCUT2D eigenvalue weighted by Crippen LogP contribution is 2.19. The summed E-state index contributed by atoms with van der Waals surface area (Å²) in [5.74, 6) is -0.325. The first-order valence-electron chi connectivity index (χ1n) is 5.42. The molecular formula is C12H10IN3O3. The third-order valence-electron chi connectivity index (χ3n) is 2.52. The molecule has 0 spiro atoms. The number of H-pyrrole nitrogens is 1. The fraction of sp³-hybridized carbons (Fsp3) is 0.0833. The van der Waals surface area contributed by atoms with E-state index >= 15 is 0 Å². The predicted octanol–water partition coefficient (Wildman–Crippen LogP) is 2.46. The number of halogens is 1. The van der Waals surface area contributed by atoms with Gasteiger partial charge in [0.2, 0.25) is 0 Å². The van der Waals surface area contributed by atoms with Crippen LogP contribution in [0.5, 0.6) is 0 Å². The van der Waals surface area contributed by atoms with Gasteiger partial charge in [-0.05, 0) is 40.3 Å². The maximum absolute atomic E-state index is 12.0. The van der Waals surface area contributed by atoms with Gasteiger partial charge in [0.25, 0.3) is 11.6 Å². The molecule has 2 aromatic rings. The fourth-order valence-corrected chi connectivity index (χ4v) is 2.13. The lowest BCUT2D eigenvalue weighted by atomic mass is 10.2. The minimum Gasteiger partial charge on any atom is -0.367 e. The zero-order valence-electron chi connectivity index (χ0n) is 9.72. The number of nitro groups is 1. The quantitative estimate of drug-likeness (QED) is 0.492. The van der Waals surface area contributed by atoms with E-state index in [0.29, 0.717) is 15.7 Å². The van der Waals surface area contributed by atoms with Crippen LogP contribution in [0.1, 0.15) is 15.9 Å². The van der Waals surface area contributed by atoms with Crippen LogP contribution in [-0.2, 0) is 6.54 Å². The number of carbonyl (C=O) groups is 1. The van der Waals surface area contributed by atoms with Crippen LogP contribution in [0.25, 0.3) is 0 Å². The van der Waals surface area contributed by atoms with E-state index in [1.54, 1.807) is 18.5 Å². The number of amides is 1. The molecule has 0 atom stereocenters. The van der Waals surface area contributed by atoms with Gasteiger partial charge in [-0.1, -0.05) is 0 Å². The van der Waals surface area contributed by atoms with Gasteiger partial charge in [-0.2, -0.15) is 0 Å². The van der Waals surface area contributed by atoms with Gasteiger partial charge in [0, 0.05) is 34.6 Å². The van der Waals surface area contributed by atoms with Crippen molar-refractivity contribution >= 4 is 34.2 Å². The maximum Gasteiger partial charge on any atom is 0.270 e. The van der Waals surface area contributed by atoms with Crippen LogP contribution in [0, 0.1) is 13.7 Å². The van der Waals surface area contributed by atoms with Crippen molar-refractivity contribution in [3.63, 3.8) is 0 Å². The molecule has 2 N–H and O–H groups in total. The van der Waals surface area contributed by atoms with E-state index < -0.39 is 4.92 Å². The molecule has 0 saturated heterocycles. The Labute approximate surface area is 122 Å². The molecule has 0 aliphatic carbocycles. The average molecular weight is 371 g/mol. The Morgan fingerprint density at radius 3 is 2.84 bits per heavy atom. The summed E-state index contributed by atoms with van der Waals surface area (Å²) in [7, 11) is 0. The first-order valence-corrected chi connectivity index (χ1v) is 6.49. The van der Waals surface area contributed by atoms with Gasteiger partial charge in [-0.25, -0.2) is 0 Å². The summed E-state index contributed by atoms with van der Waals surface area (Å²) in [6, 6.07) is 6.07. The lowest BCUT2D eigenvalue weighted by molar-refractivity contribution is -0.384. The Morgan fingerprint density at radius 1 is 1.42 bits per heavy atom. The number of benzene rings is 1. The summed E-state index contributed by atoms with van der Waals surface area (Å²) in [5.41, 5.74) is 1.16. The molecule has 1 heterocycles. The van der Waals surface area contributed by atoms with Crippen LogP contribution < -0.4 is 5.32 Å². The summed E-state index contributed by atoms with van der Waals surface area (Å²) in [6.45, 7) is 0.376. The predicted molar refractivity (Wildman–Crippen MR) is 77.8 cm³/mol. The molecule has 0 radical (unpaired) electrons. The summed E-state index contributed by atoms with van der Waals surface area (Å²) in [5, 5.41) is 13.4. The lowest BCUT2D eigenvalue weighted by Gasteiger charge is -2.05. The van der Waals surface area contributed by atoms with Crippen LogP contribution in [0.2, 0.25) is 0 Å². The second-order valence-corrected chi connectivity index (χ2v) is 4.99. The molecule has 1 amide bonds. The van der Waals surface area contributed by atoms with Gasteiger partial charge in [-0.3, -0.25) is 14.9 Å². The van der Waals surface area contributed by atoms with Crippen molar-refractivity contribution in [3.05, 3.63) is 61.5 Å². The first kappa shape index (κ1) is 13.5. The summed E-state index contributed by atoms with van der Waals surface area (Å²) >= 11 is 1.98. The van der Waals surface area contributed by atoms with Gasteiger partial charge in [0.1, 0.15) is 0 Å². The van der Waals surface area contributed by atoms with Gasteiger partial charge in [-0.15, -0.1) is 0 Å². The first-order chi connectivity index (χ1) is 9.08. The summed E-state index contributed by atoms with van der Waals surface area (Å²) in [6.07, 6.45) is 3.54. The van der Waals surface area contributed by atoms with E-state index in [2.05, 4.69) is 10.3 Å². The van der Waals surface area contributed by atoms with Crippen LogP contribution in [0.15, 0.2) is 36.7 Å². The number of aromatic nitrogens is 1. The molecule has 0 unspecified atom stereocenters. The standard InChI is InChI=1S/C12H10IN3O3/c13-11-2-1-9(16(18)19)5-10(11)12(17)15-7-8-3-4-14-6-8/h1-6,14H,7H2,(H,15,17). The summed E-state index contributed by atoms with van der Waals surface area (Å²) in [4.78, 5) is 25.1. The van der Waals surface area contributed by atoms with E-state index in [0.717, 1.165) is 5.56 Å². The van der Waals surface area contributed by atoms with E-state index in [4.69, 9.17) is 0 Å². The van der Waals surface area contributed by atoms with E-state index in [9.17, 15) is 14.9 Å². The molecule has 19 heavy (non-hydrogen) atoms. The Bertz CT molecular complexity index is 611. The van der Waals surface area contributed by atoms with E-state index in [-0.39, 0.29) is 11.6 Å². The van der Waals surface area contributed by atoms with Gasteiger partial charge < -0.3 is 10.3 Å². The second kappa shape index (κ2) is 5.83.